The summed E-state index contributed by atoms with van der Waals surface area (Å²) >= 11 is 0. The van der Waals surface area contributed by atoms with Gasteiger partial charge in [-0.1, -0.05) is 0 Å². The lowest BCUT2D eigenvalue weighted by Crippen LogP contribution is -2.12. The van der Waals surface area contributed by atoms with Crippen molar-refractivity contribution < 1.29 is 0 Å². The number of hydrogen-bond donors (Lipinski definition) is 2. The molecule has 1 aromatic heterocycles. The Morgan fingerprint density at radius 2 is 1.44 bits per heavy atom. The molecule has 4 aliphatic heterocycles. The van der Waals surface area contributed by atoms with Crippen molar-refractivity contribution in [2.24, 2.45) is 20.7 Å². The quantitative estimate of drug-likeness (QED) is 0.734. The van der Waals surface area contributed by atoms with Crippen LogP contribution in [0.5, 0.6) is 0 Å². The number of rotatable bonds is 0. The second-order valence-electron chi connectivity index (χ2n) is 6.20. The molecular weight excluding hydrogens is 310 g/mol. The van der Waals surface area contributed by atoms with Crippen LogP contribution in [0, 0.1) is 0 Å². The van der Waals surface area contributed by atoms with Crippen LogP contribution in [-0.2, 0) is 0 Å². The highest BCUT2D eigenvalue weighted by atomic mass is 14.9. The van der Waals surface area contributed by atoms with Gasteiger partial charge in [-0.25, -0.2) is 9.98 Å². The Bertz CT molecular complexity index is 1140. The van der Waals surface area contributed by atoms with Crippen LogP contribution in [0.3, 0.4) is 0 Å². The SMILES string of the molecule is NC1=CC2=NC1/C=C1/C=CC(=N1)/C=C1/C=CC(=N1)/C=c1/ccc([nH]1)=C2. The van der Waals surface area contributed by atoms with Crippen LogP contribution < -0.4 is 16.4 Å². The molecule has 5 nitrogen and oxygen atoms in total. The molecule has 120 valence electrons. The van der Waals surface area contributed by atoms with E-state index >= 15 is 0 Å². The largest absolute Gasteiger partial charge is 0.400 e. The first-order chi connectivity index (χ1) is 12.2. The first kappa shape index (κ1) is 13.9. The summed E-state index contributed by atoms with van der Waals surface area (Å²) in [6.07, 6.45) is 17.8. The topological polar surface area (TPSA) is 78.9 Å². The van der Waals surface area contributed by atoms with Crippen LogP contribution in [0.1, 0.15) is 0 Å². The van der Waals surface area contributed by atoms with Crippen molar-refractivity contribution in [1.82, 2.24) is 4.98 Å². The third-order valence-electron chi connectivity index (χ3n) is 4.27. The minimum atomic E-state index is -0.174. The van der Waals surface area contributed by atoms with E-state index in [1.807, 2.05) is 66.8 Å². The smallest absolute Gasteiger partial charge is 0.110 e. The zero-order valence-corrected chi connectivity index (χ0v) is 13.3. The van der Waals surface area contributed by atoms with Crippen LogP contribution in [-0.4, -0.2) is 28.2 Å². The van der Waals surface area contributed by atoms with Crippen molar-refractivity contribution in [1.29, 1.82) is 0 Å². The van der Waals surface area contributed by atoms with Gasteiger partial charge in [0.05, 0.1) is 28.5 Å². The summed E-state index contributed by atoms with van der Waals surface area (Å²) in [6.45, 7) is 0. The van der Waals surface area contributed by atoms with Gasteiger partial charge in [0.1, 0.15) is 6.04 Å². The summed E-state index contributed by atoms with van der Waals surface area (Å²) in [4.78, 5) is 17.3. The lowest BCUT2D eigenvalue weighted by molar-refractivity contribution is 0.950. The monoisotopic (exact) mass is 325 g/mol. The highest BCUT2D eigenvalue weighted by Crippen LogP contribution is 2.19. The summed E-state index contributed by atoms with van der Waals surface area (Å²) < 4.78 is 0. The van der Waals surface area contributed by atoms with Gasteiger partial charge >= 0.3 is 0 Å². The summed E-state index contributed by atoms with van der Waals surface area (Å²) in [5.74, 6) is 0. The Morgan fingerprint density at radius 1 is 0.760 bits per heavy atom. The molecule has 25 heavy (non-hydrogen) atoms. The number of H-pyrrole nitrogens is 1. The summed E-state index contributed by atoms with van der Waals surface area (Å²) in [5, 5.41) is 1.98. The molecule has 0 aromatic carbocycles. The molecule has 0 saturated heterocycles. The van der Waals surface area contributed by atoms with Gasteiger partial charge in [0.2, 0.25) is 0 Å². The Balaban J connectivity index is 1.70. The fraction of sp³-hybridized carbons (Fsp3) is 0.0500. The van der Waals surface area contributed by atoms with Crippen molar-refractivity contribution >= 4 is 29.3 Å². The number of nitrogens with zero attached hydrogens (tertiary/aromatic N) is 3. The normalized spacial score (nSPS) is 28.6. The molecule has 5 heteroatoms. The standard InChI is InChI=1S/C20H15N5/c21-19-10-18-9-16-4-3-14(23-16)7-12-1-2-13(22-12)8-15-5-6-17(24-15)11-20(19)25-18/h1-11,20,23H,21H2/b13-8-,14-7-,16-9?,17-11-. The van der Waals surface area contributed by atoms with Gasteiger partial charge in [-0.2, -0.15) is 0 Å². The first-order valence-corrected chi connectivity index (χ1v) is 8.12. The third-order valence-corrected chi connectivity index (χ3v) is 4.27. The lowest BCUT2D eigenvalue weighted by atomic mass is 10.2. The summed E-state index contributed by atoms with van der Waals surface area (Å²) in [7, 11) is 0. The molecule has 0 fully saturated rings. The molecule has 1 atom stereocenters. The molecule has 5 heterocycles. The molecule has 0 aliphatic carbocycles. The number of aromatic nitrogens is 1. The van der Waals surface area contributed by atoms with E-state index in [-0.39, 0.29) is 6.04 Å². The van der Waals surface area contributed by atoms with Crippen LogP contribution in [0.4, 0.5) is 0 Å². The minimum Gasteiger partial charge on any atom is -0.400 e. The van der Waals surface area contributed by atoms with Crippen LogP contribution in [0.2, 0.25) is 0 Å². The zero-order chi connectivity index (χ0) is 16.8. The van der Waals surface area contributed by atoms with Gasteiger partial charge in [-0.3, -0.25) is 4.99 Å². The molecule has 0 radical (unpaired) electrons. The molecule has 8 bridgehead atoms. The maximum absolute atomic E-state index is 6.14. The maximum Gasteiger partial charge on any atom is 0.110 e. The van der Waals surface area contributed by atoms with Gasteiger partial charge in [0.25, 0.3) is 0 Å². The molecule has 3 N–H and O–H groups in total. The van der Waals surface area contributed by atoms with E-state index in [2.05, 4.69) is 20.0 Å². The second-order valence-corrected chi connectivity index (χ2v) is 6.20. The van der Waals surface area contributed by atoms with Crippen LogP contribution >= 0.6 is 0 Å². The molecule has 1 unspecified atom stereocenters. The zero-order valence-electron chi connectivity index (χ0n) is 13.3. The number of aromatic amines is 1. The van der Waals surface area contributed by atoms with E-state index in [4.69, 9.17) is 5.73 Å². The molecule has 0 saturated carbocycles. The highest BCUT2D eigenvalue weighted by molar-refractivity contribution is 6.20. The van der Waals surface area contributed by atoms with E-state index in [0.717, 1.165) is 44.9 Å². The number of hydrogen-bond acceptors (Lipinski definition) is 4. The van der Waals surface area contributed by atoms with Crippen molar-refractivity contribution in [2.75, 3.05) is 0 Å². The lowest BCUT2D eigenvalue weighted by Gasteiger charge is -2.02. The number of aliphatic imine (C=N–C) groups is 3. The maximum atomic E-state index is 6.14. The number of nitrogens with two attached hydrogens (primary N) is 1. The van der Waals surface area contributed by atoms with E-state index in [1.165, 1.54) is 0 Å². The van der Waals surface area contributed by atoms with Crippen LogP contribution in [0.15, 0.2) is 86.7 Å². The summed E-state index contributed by atoms with van der Waals surface area (Å²) in [5.41, 5.74) is 11.3. The van der Waals surface area contributed by atoms with E-state index in [9.17, 15) is 0 Å². The van der Waals surface area contributed by atoms with Gasteiger partial charge in [0.15, 0.2) is 0 Å². The first-order valence-electron chi connectivity index (χ1n) is 8.12. The average molecular weight is 325 g/mol. The van der Waals surface area contributed by atoms with E-state index in [1.54, 1.807) is 0 Å². The van der Waals surface area contributed by atoms with Crippen molar-refractivity contribution in [3.05, 3.63) is 82.5 Å². The molecule has 4 aliphatic rings. The minimum absolute atomic E-state index is 0.174. The molecule has 5 rings (SSSR count). The molecular formula is C20H15N5. The third kappa shape index (κ3) is 2.65. The molecule has 0 spiro atoms. The Kier molecular flexibility index (Phi) is 2.94. The summed E-state index contributed by atoms with van der Waals surface area (Å²) in [6, 6.07) is 3.87. The van der Waals surface area contributed by atoms with Crippen molar-refractivity contribution in [2.45, 2.75) is 6.04 Å². The van der Waals surface area contributed by atoms with Gasteiger partial charge in [0, 0.05) is 16.4 Å². The average Bonchev–Trinajstić information content (AvgIpc) is 3.33. The van der Waals surface area contributed by atoms with E-state index < -0.39 is 0 Å². The van der Waals surface area contributed by atoms with Gasteiger partial charge in [-0.15, -0.1) is 0 Å². The molecule has 1 aromatic rings. The van der Waals surface area contributed by atoms with Gasteiger partial charge in [-0.05, 0) is 66.8 Å². The van der Waals surface area contributed by atoms with Gasteiger partial charge < -0.3 is 10.7 Å². The highest BCUT2D eigenvalue weighted by Gasteiger charge is 2.16. The Hall–Kier alpha value is -3.47. The van der Waals surface area contributed by atoms with E-state index in [0.29, 0.717) is 0 Å². The fourth-order valence-electron chi connectivity index (χ4n) is 3.09. The number of fused-ring (bicyclic) bond motifs is 5. The fourth-order valence-corrected chi connectivity index (χ4v) is 3.09. The predicted molar refractivity (Wildman–Crippen MR) is 102 cm³/mol. The van der Waals surface area contributed by atoms with Crippen molar-refractivity contribution in [3.8, 4) is 0 Å². The Morgan fingerprint density at radius 3 is 2.28 bits per heavy atom. The van der Waals surface area contributed by atoms with Crippen LogP contribution in [0.25, 0.3) is 12.2 Å². The van der Waals surface area contributed by atoms with Crippen molar-refractivity contribution in [3.63, 3.8) is 0 Å². The Labute approximate surface area is 144 Å². The molecule has 0 amide bonds. The predicted octanol–water partition coefficient (Wildman–Crippen LogP) is 1.04. The second kappa shape index (κ2) is 5.27. The number of allylic oxidation sites excluding steroid dienone is 6. The number of nitrogens with one attached hydrogen (secondary N) is 1.